The molecule has 0 aliphatic rings. The Morgan fingerprint density at radius 1 is 1.19 bits per heavy atom. The minimum absolute atomic E-state index is 0.155. The topological polar surface area (TPSA) is 56.0 Å². The van der Waals surface area contributed by atoms with Gasteiger partial charge in [-0.25, -0.2) is 9.37 Å². The van der Waals surface area contributed by atoms with E-state index in [0.717, 1.165) is 23.9 Å². The molecule has 110 valence electrons. The standard InChI is InChI=1S/C13H8F4N2OS/c14-7-2-1-3-8(6-7)21-12-9(11(18)20)4-5-10(19-12)13(15,16)17/h1-6H,(H2,18,20). The number of halogens is 4. The van der Waals surface area contributed by atoms with Crippen LogP contribution >= 0.6 is 11.8 Å². The minimum Gasteiger partial charge on any atom is -0.366 e. The fraction of sp³-hybridized carbons (Fsp3) is 0.0769. The maximum atomic E-state index is 13.1. The molecule has 0 spiro atoms. The number of benzene rings is 1. The zero-order chi connectivity index (χ0) is 15.6. The van der Waals surface area contributed by atoms with Gasteiger partial charge in [-0.2, -0.15) is 13.2 Å². The fourth-order valence-electron chi connectivity index (χ4n) is 1.51. The molecule has 21 heavy (non-hydrogen) atoms. The number of hydrogen-bond donors (Lipinski definition) is 1. The molecular formula is C13H8F4N2OS. The molecule has 2 N–H and O–H groups in total. The van der Waals surface area contributed by atoms with Crippen LogP contribution in [0.1, 0.15) is 16.1 Å². The molecule has 0 fully saturated rings. The van der Waals surface area contributed by atoms with Crippen LogP contribution in [-0.2, 0) is 6.18 Å². The Labute approximate surface area is 121 Å². The number of carbonyl (C=O) groups is 1. The summed E-state index contributed by atoms with van der Waals surface area (Å²) in [5, 5.41) is -0.220. The van der Waals surface area contributed by atoms with Crippen LogP contribution in [0.5, 0.6) is 0 Å². The third kappa shape index (κ3) is 3.72. The van der Waals surface area contributed by atoms with Gasteiger partial charge in [0, 0.05) is 4.90 Å². The Morgan fingerprint density at radius 3 is 2.48 bits per heavy atom. The number of alkyl halides is 3. The zero-order valence-corrected chi connectivity index (χ0v) is 11.1. The lowest BCUT2D eigenvalue weighted by Crippen LogP contribution is -2.16. The van der Waals surface area contributed by atoms with E-state index in [4.69, 9.17) is 5.73 Å². The SMILES string of the molecule is NC(=O)c1ccc(C(F)(F)F)nc1Sc1cccc(F)c1. The van der Waals surface area contributed by atoms with Gasteiger partial charge in [0.25, 0.3) is 5.91 Å². The predicted molar refractivity (Wildman–Crippen MR) is 68.3 cm³/mol. The van der Waals surface area contributed by atoms with E-state index < -0.39 is 23.6 Å². The van der Waals surface area contributed by atoms with Gasteiger partial charge < -0.3 is 5.73 Å². The molecule has 0 aliphatic heterocycles. The predicted octanol–water partition coefficient (Wildman–Crippen LogP) is 3.49. The van der Waals surface area contributed by atoms with E-state index in [9.17, 15) is 22.4 Å². The highest BCUT2D eigenvalue weighted by molar-refractivity contribution is 7.99. The summed E-state index contributed by atoms with van der Waals surface area (Å²) in [5.74, 6) is -1.46. The molecule has 2 rings (SSSR count). The van der Waals surface area contributed by atoms with E-state index in [0.29, 0.717) is 11.0 Å². The van der Waals surface area contributed by atoms with E-state index in [1.807, 2.05) is 0 Å². The first-order chi connectivity index (χ1) is 9.77. The molecule has 0 aliphatic carbocycles. The molecule has 1 aromatic carbocycles. The van der Waals surface area contributed by atoms with Crippen LogP contribution in [0.4, 0.5) is 17.6 Å². The van der Waals surface area contributed by atoms with E-state index in [1.165, 1.54) is 18.2 Å². The molecule has 8 heteroatoms. The third-order valence-electron chi connectivity index (χ3n) is 2.43. The van der Waals surface area contributed by atoms with Gasteiger partial charge in [0.2, 0.25) is 0 Å². The highest BCUT2D eigenvalue weighted by Gasteiger charge is 2.33. The van der Waals surface area contributed by atoms with Crippen molar-refractivity contribution in [2.75, 3.05) is 0 Å². The third-order valence-corrected chi connectivity index (χ3v) is 3.42. The maximum absolute atomic E-state index is 13.1. The number of carbonyl (C=O) groups excluding carboxylic acids is 1. The second kappa shape index (κ2) is 5.72. The van der Waals surface area contributed by atoms with Gasteiger partial charge in [0.1, 0.15) is 16.5 Å². The molecule has 3 nitrogen and oxygen atoms in total. The van der Waals surface area contributed by atoms with Crippen LogP contribution < -0.4 is 5.73 Å². The summed E-state index contributed by atoms with van der Waals surface area (Å²) in [6.45, 7) is 0. The molecule has 0 unspecified atom stereocenters. The van der Waals surface area contributed by atoms with Crippen LogP contribution in [-0.4, -0.2) is 10.9 Å². The molecule has 0 radical (unpaired) electrons. The Kier molecular flexibility index (Phi) is 4.17. The number of hydrogen-bond acceptors (Lipinski definition) is 3. The summed E-state index contributed by atoms with van der Waals surface area (Å²) in [6.07, 6.45) is -4.65. The van der Waals surface area contributed by atoms with Crippen molar-refractivity contribution >= 4 is 17.7 Å². The average molecular weight is 316 g/mol. The van der Waals surface area contributed by atoms with E-state index in [-0.39, 0.29) is 10.6 Å². The van der Waals surface area contributed by atoms with Crippen molar-refractivity contribution in [2.45, 2.75) is 16.1 Å². The highest BCUT2D eigenvalue weighted by atomic mass is 32.2. The Balaban J connectivity index is 2.46. The number of aromatic nitrogens is 1. The van der Waals surface area contributed by atoms with Gasteiger partial charge in [0.15, 0.2) is 0 Å². The fourth-order valence-corrected chi connectivity index (χ4v) is 2.47. The van der Waals surface area contributed by atoms with Crippen LogP contribution in [0.3, 0.4) is 0 Å². The lowest BCUT2D eigenvalue weighted by Gasteiger charge is -2.10. The van der Waals surface area contributed by atoms with Gasteiger partial charge in [-0.15, -0.1) is 0 Å². The monoisotopic (exact) mass is 316 g/mol. The van der Waals surface area contributed by atoms with Crippen LogP contribution in [0, 0.1) is 5.82 Å². The van der Waals surface area contributed by atoms with Gasteiger partial charge >= 0.3 is 6.18 Å². The van der Waals surface area contributed by atoms with Crippen molar-refractivity contribution in [3.63, 3.8) is 0 Å². The van der Waals surface area contributed by atoms with E-state index >= 15 is 0 Å². The molecular weight excluding hydrogens is 308 g/mol. The van der Waals surface area contributed by atoms with Gasteiger partial charge in [-0.3, -0.25) is 4.79 Å². The summed E-state index contributed by atoms with van der Waals surface area (Å²) >= 11 is 0.735. The van der Waals surface area contributed by atoms with Crippen molar-refractivity contribution in [3.05, 3.63) is 53.5 Å². The first-order valence-corrected chi connectivity index (χ1v) is 6.40. The van der Waals surface area contributed by atoms with Crippen molar-refractivity contribution in [3.8, 4) is 0 Å². The molecule has 2 aromatic rings. The van der Waals surface area contributed by atoms with Crippen LogP contribution in [0.2, 0.25) is 0 Å². The number of rotatable bonds is 3. The smallest absolute Gasteiger partial charge is 0.366 e. The number of primary amides is 1. The quantitative estimate of drug-likeness (QED) is 0.882. The van der Waals surface area contributed by atoms with Crippen molar-refractivity contribution in [2.24, 2.45) is 5.73 Å². The van der Waals surface area contributed by atoms with Crippen LogP contribution in [0.25, 0.3) is 0 Å². The summed E-state index contributed by atoms with van der Waals surface area (Å²) in [7, 11) is 0. The van der Waals surface area contributed by atoms with E-state index in [2.05, 4.69) is 4.98 Å². The van der Waals surface area contributed by atoms with Crippen molar-refractivity contribution in [1.82, 2.24) is 4.98 Å². The molecule has 0 saturated heterocycles. The lowest BCUT2D eigenvalue weighted by molar-refractivity contribution is -0.141. The molecule has 0 atom stereocenters. The summed E-state index contributed by atoms with van der Waals surface area (Å²) in [4.78, 5) is 15.0. The Bertz CT molecular complexity index is 688. The van der Waals surface area contributed by atoms with Gasteiger partial charge in [0.05, 0.1) is 5.56 Å². The maximum Gasteiger partial charge on any atom is 0.433 e. The number of amides is 1. The molecule has 0 bridgehead atoms. The second-order valence-electron chi connectivity index (χ2n) is 3.97. The normalized spacial score (nSPS) is 11.4. The number of pyridine rings is 1. The first-order valence-electron chi connectivity index (χ1n) is 5.59. The van der Waals surface area contributed by atoms with Crippen LogP contribution in [0.15, 0.2) is 46.3 Å². The lowest BCUT2D eigenvalue weighted by atomic mass is 10.2. The molecule has 1 amide bonds. The summed E-state index contributed by atoms with van der Waals surface area (Å²) in [6, 6.07) is 6.83. The number of nitrogens with zero attached hydrogens (tertiary/aromatic N) is 1. The highest BCUT2D eigenvalue weighted by Crippen LogP contribution is 2.33. The van der Waals surface area contributed by atoms with Gasteiger partial charge in [-0.1, -0.05) is 17.8 Å². The number of nitrogens with two attached hydrogens (primary N) is 1. The first kappa shape index (κ1) is 15.3. The second-order valence-corrected chi connectivity index (χ2v) is 5.03. The van der Waals surface area contributed by atoms with Gasteiger partial charge in [-0.05, 0) is 30.3 Å². The Morgan fingerprint density at radius 2 is 1.90 bits per heavy atom. The summed E-state index contributed by atoms with van der Waals surface area (Å²) in [5.41, 5.74) is 3.81. The minimum atomic E-state index is -4.65. The zero-order valence-electron chi connectivity index (χ0n) is 10.3. The largest absolute Gasteiger partial charge is 0.433 e. The Hall–Kier alpha value is -2.09. The van der Waals surface area contributed by atoms with Crippen molar-refractivity contribution in [1.29, 1.82) is 0 Å². The molecule has 0 saturated carbocycles. The molecule has 1 aromatic heterocycles. The molecule has 1 heterocycles. The summed E-state index contributed by atoms with van der Waals surface area (Å²) < 4.78 is 51.1. The average Bonchev–Trinajstić information content (AvgIpc) is 2.37. The van der Waals surface area contributed by atoms with Crippen molar-refractivity contribution < 1.29 is 22.4 Å². The van der Waals surface area contributed by atoms with E-state index in [1.54, 1.807) is 0 Å².